The molecule has 68 valence electrons. The van der Waals surface area contributed by atoms with Crippen molar-refractivity contribution in [3.05, 3.63) is 23.2 Å². The summed E-state index contributed by atoms with van der Waals surface area (Å²) in [6.45, 7) is 4.11. The third-order valence-electron chi connectivity index (χ3n) is 1.80. The van der Waals surface area contributed by atoms with Gasteiger partial charge < -0.3 is 4.42 Å². The molecular weight excluding hydrogens is 188 g/mol. The number of rotatable bonds is 1. The van der Waals surface area contributed by atoms with Crippen LogP contribution in [-0.4, -0.2) is 9.97 Å². The lowest BCUT2D eigenvalue weighted by Crippen LogP contribution is -1.79. The van der Waals surface area contributed by atoms with E-state index in [9.17, 15) is 0 Å². The average molecular weight is 197 g/mol. The molecule has 2 rings (SSSR count). The van der Waals surface area contributed by atoms with E-state index in [0.717, 1.165) is 11.3 Å². The minimum atomic E-state index is 0.342. The normalized spacial score (nSPS) is 11.4. The highest BCUT2D eigenvalue weighted by atomic mass is 35.5. The molecule has 0 aliphatic rings. The topological polar surface area (TPSA) is 38.9 Å². The maximum absolute atomic E-state index is 5.69. The summed E-state index contributed by atoms with van der Waals surface area (Å²) in [5.74, 6) is 1.23. The van der Waals surface area contributed by atoms with Crippen molar-refractivity contribution in [1.82, 2.24) is 9.97 Å². The van der Waals surface area contributed by atoms with Crippen molar-refractivity contribution in [2.75, 3.05) is 0 Å². The maximum atomic E-state index is 5.69. The first kappa shape index (κ1) is 8.51. The van der Waals surface area contributed by atoms with Crippen molar-refractivity contribution in [2.45, 2.75) is 19.8 Å². The Balaban J connectivity index is 2.62. The van der Waals surface area contributed by atoms with Crippen LogP contribution in [0.4, 0.5) is 0 Å². The van der Waals surface area contributed by atoms with Gasteiger partial charge in [-0.05, 0) is 0 Å². The van der Waals surface area contributed by atoms with Crippen LogP contribution in [0.25, 0.3) is 11.2 Å². The Labute approximate surface area is 80.7 Å². The number of nitrogens with zero attached hydrogens (tertiary/aromatic N) is 2. The lowest BCUT2D eigenvalue weighted by molar-refractivity contribution is 0.513. The summed E-state index contributed by atoms with van der Waals surface area (Å²) in [6.07, 6.45) is 1.48. The third kappa shape index (κ3) is 1.52. The summed E-state index contributed by atoms with van der Waals surface area (Å²) in [5, 5.41) is 0.392. The molecule has 0 atom stereocenters. The van der Waals surface area contributed by atoms with Crippen LogP contribution >= 0.6 is 11.6 Å². The van der Waals surface area contributed by atoms with E-state index in [1.807, 2.05) is 6.07 Å². The van der Waals surface area contributed by atoms with E-state index in [2.05, 4.69) is 23.8 Å². The molecule has 0 radical (unpaired) electrons. The highest BCUT2D eigenvalue weighted by molar-refractivity contribution is 6.29. The molecule has 0 aliphatic carbocycles. The first-order chi connectivity index (χ1) is 6.16. The van der Waals surface area contributed by atoms with E-state index in [1.165, 1.54) is 6.20 Å². The summed E-state index contributed by atoms with van der Waals surface area (Å²) in [4.78, 5) is 8.11. The summed E-state index contributed by atoms with van der Waals surface area (Å²) in [5.41, 5.74) is 1.27. The fraction of sp³-hybridized carbons (Fsp3) is 0.333. The van der Waals surface area contributed by atoms with E-state index in [0.29, 0.717) is 16.8 Å². The van der Waals surface area contributed by atoms with Gasteiger partial charge in [-0.25, -0.2) is 9.97 Å². The first-order valence-electron chi connectivity index (χ1n) is 4.09. The van der Waals surface area contributed by atoms with Crippen LogP contribution in [0.3, 0.4) is 0 Å². The zero-order valence-electron chi connectivity index (χ0n) is 7.41. The highest BCUT2D eigenvalue weighted by Gasteiger charge is 2.09. The van der Waals surface area contributed by atoms with Gasteiger partial charge in [0, 0.05) is 12.0 Å². The van der Waals surface area contributed by atoms with Gasteiger partial charge in [-0.15, -0.1) is 0 Å². The molecule has 2 aromatic heterocycles. The summed E-state index contributed by atoms with van der Waals surface area (Å²) in [6, 6.07) is 1.87. The van der Waals surface area contributed by atoms with Crippen molar-refractivity contribution in [1.29, 1.82) is 0 Å². The predicted molar refractivity (Wildman–Crippen MR) is 50.9 cm³/mol. The Morgan fingerprint density at radius 1 is 1.46 bits per heavy atom. The van der Waals surface area contributed by atoms with Gasteiger partial charge in [0.25, 0.3) is 0 Å². The van der Waals surface area contributed by atoms with Crippen LogP contribution in [0.5, 0.6) is 0 Å². The van der Waals surface area contributed by atoms with E-state index in [4.69, 9.17) is 16.0 Å². The van der Waals surface area contributed by atoms with Crippen LogP contribution in [0.15, 0.2) is 16.7 Å². The van der Waals surface area contributed by atoms with Gasteiger partial charge in [0.15, 0.2) is 0 Å². The van der Waals surface area contributed by atoms with Crippen molar-refractivity contribution >= 4 is 22.8 Å². The number of fused-ring (bicyclic) bond motifs is 1. The van der Waals surface area contributed by atoms with Crippen LogP contribution in [0, 0.1) is 0 Å². The molecule has 0 amide bonds. The predicted octanol–water partition coefficient (Wildman–Crippen LogP) is 3.00. The molecule has 0 fully saturated rings. The molecule has 0 N–H and O–H groups in total. The highest BCUT2D eigenvalue weighted by Crippen LogP contribution is 2.22. The van der Waals surface area contributed by atoms with E-state index in [-0.39, 0.29) is 0 Å². The van der Waals surface area contributed by atoms with Gasteiger partial charge in [0.2, 0.25) is 5.71 Å². The minimum Gasteiger partial charge on any atom is -0.441 e. The quantitative estimate of drug-likeness (QED) is 0.704. The van der Waals surface area contributed by atoms with Crippen LogP contribution in [0.1, 0.15) is 25.5 Å². The second-order valence-corrected chi connectivity index (χ2v) is 3.57. The van der Waals surface area contributed by atoms with Gasteiger partial charge in [-0.2, -0.15) is 0 Å². The van der Waals surface area contributed by atoms with Gasteiger partial charge in [0.05, 0.1) is 6.20 Å². The van der Waals surface area contributed by atoms with Gasteiger partial charge in [-0.3, -0.25) is 0 Å². The zero-order chi connectivity index (χ0) is 9.42. The lowest BCUT2D eigenvalue weighted by atomic mass is 10.2. The minimum absolute atomic E-state index is 0.342. The first-order valence-corrected chi connectivity index (χ1v) is 4.46. The Morgan fingerprint density at radius 3 is 2.92 bits per heavy atom. The molecule has 3 nitrogen and oxygen atoms in total. The van der Waals surface area contributed by atoms with Crippen molar-refractivity contribution in [3.8, 4) is 0 Å². The van der Waals surface area contributed by atoms with Crippen LogP contribution < -0.4 is 0 Å². The smallest absolute Gasteiger partial charge is 0.245 e. The summed E-state index contributed by atoms with van der Waals surface area (Å²) >= 11 is 5.69. The lowest BCUT2D eigenvalue weighted by Gasteiger charge is -1.94. The molecular formula is C9H9ClN2O. The molecule has 4 heteroatoms. The number of aromatic nitrogens is 2. The van der Waals surface area contributed by atoms with E-state index < -0.39 is 0 Å². The zero-order valence-corrected chi connectivity index (χ0v) is 8.17. The second kappa shape index (κ2) is 3.00. The van der Waals surface area contributed by atoms with Crippen molar-refractivity contribution in [3.63, 3.8) is 0 Å². The number of furan rings is 1. The largest absolute Gasteiger partial charge is 0.441 e. The summed E-state index contributed by atoms with van der Waals surface area (Å²) in [7, 11) is 0. The molecule has 0 aliphatic heterocycles. The molecule has 0 saturated heterocycles. The molecule has 0 bridgehead atoms. The fourth-order valence-corrected chi connectivity index (χ4v) is 1.24. The second-order valence-electron chi connectivity index (χ2n) is 3.19. The third-order valence-corrected chi connectivity index (χ3v) is 1.98. The SMILES string of the molecule is CC(C)c1cc2nc(Cl)cnc2o1. The number of halogens is 1. The van der Waals surface area contributed by atoms with Gasteiger partial charge >= 0.3 is 0 Å². The monoisotopic (exact) mass is 196 g/mol. The molecule has 2 heterocycles. The van der Waals surface area contributed by atoms with Gasteiger partial charge in [-0.1, -0.05) is 25.4 Å². The molecule has 2 aromatic rings. The Hall–Kier alpha value is -1.09. The van der Waals surface area contributed by atoms with Crippen molar-refractivity contribution in [2.24, 2.45) is 0 Å². The Bertz CT molecular complexity index is 436. The average Bonchev–Trinajstić information content (AvgIpc) is 2.46. The fourth-order valence-electron chi connectivity index (χ4n) is 1.10. The number of hydrogen-bond acceptors (Lipinski definition) is 3. The van der Waals surface area contributed by atoms with Crippen molar-refractivity contribution < 1.29 is 4.42 Å². The molecule has 0 unspecified atom stereocenters. The van der Waals surface area contributed by atoms with Gasteiger partial charge in [0.1, 0.15) is 16.4 Å². The van der Waals surface area contributed by atoms with Crippen LogP contribution in [0.2, 0.25) is 5.15 Å². The van der Waals surface area contributed by atoms with Crippen LogP contribution in [-0.2, 0) is 0 Å². The standard InChI is InChI=1S/C9H9ClN2O/c1-5(2)7-3-6-9(13-7)11-4-8(10)12-6/h3-5H,1-2H3. The Kier molecular flexibility index (Phi) is 1.96. The summed E-state index contributed by atoms with van der Waals surface area (Å²) < 4.78 is 5.45. The maximum Gasteiger partial charge on any atom is 0.245 e. The molecule has 0 aromatic carbocycles. The number of hydrogen-bond donors (Lipinski definition) is 0. The van der Waals surface area contributed by atoms with E-state index in [1.54, 1.807) is 0 Å². The molecule has 0 spiro atoms. The molecule has 13 heavy (non-hydrogen) atoms. The Morgan fingerprint density at radius 2 is 2.23 bits per heavy atom. The van der Waals surface area contributed by atoms with E-state index >= 15 is 0 Å². The molecule has 0 saturated carbocycles.